The quantitative estimate of drug-likeness (QED) is 0.459. The van der Waals surface area contributed by atoms with E-state index in [1.807, 2.05) is 0 Å². The minimum atomic E-state index is -0.432. The molecule has 0 aliphatic heterocycles. The summed E-state index contributed by atoms with van der Waals surface area (Å²) < 4.78 is 4.42. The standard InChI is InChI=1S/C9H9ClN2O2/c1-14-8(13)3-2-6-4-7(11)9(10)12-5-6/h2-5H,11H2,1H3. The molecule has 0 aliphatic rings. The zero-order valence-corrected chi connectivity index (χ0v) is 8.28. The molecule has 0 aromatic carbocycles. The second kappa shape index (κ2) is 4.62. The van der Waals surface area contributed by atoms with E-state index in [-0.39, 0.29) is 5.15 Å². The fourth-order valence-electron chi connectivity index (χ4n) is 0.806. The number of carbonyl (C=O) groups is 1. The highest BCUT2D eigenvalue weighted by atomic mass is 35.5. The van der Waals surface area contributed by atoms with Crippen LogP contribution >= 0.6 is 11.6 Å². The first-order valence-electron chi connectivity index (χ1n) is 3.80. The lowest BCUT2D eigenvalue weighted by Gasteiger charge is -1.97. The molecule has 0 unspecified atom stereocenters. The van der Waals surface area contributed by atoms with Crippen molar-refractivity contribution in [3.05, 3.63) is 29.1 Å². The topological polar surface area (TPSA) is 65.2 Å². The Morgan fingerprint density at radius 1 is 1.71 bits per heavy atom. The molecule has 1 aromatic rings. The summed E-state index contributed by atoms with van der Waals surface area (Å²) in [6.07, 6.45) is 4.34. The fourth-order valence-corrected chi connectivity index (χ4v) is 0.909. The SMILES string of the molecule is COC(=O)C=Cc1cnc(Cl)c(N)c1. The summed E-state index contributed by atoms with van der Waals surface area (Å²) in [6, 6.07) is 1.62. The molecular formula is C9H9ClN2O2. The molecule has 0 fully saturated rings. The van der Waals surface area contributed by atoms with Crippen LogP contribution < -0.4 is 5.73 Å². The number of carbonyl (C=O) groups excluding carboxylic acids is 1. The summed E-state index contributed by atoms with van der Waals surface area (Å²) in [5, 5.41) is 0.250. The number of nitrogens with zero attached hydrogens (tertiary/aromatic N) is 1. The van der Waals surface area contributed by atoms with Crippen LogP contribution in [0.3, 0.4) is 0 Å². The number of anilines is 1. The van der Waals surface area contributed by atoms with Crippen molar-refractivity contribution < 1.29 is 9.53 Å². The summed E-state index contributed by atoms with van der Waals surface area (Å²) in [5.41, 5.74) is 6.58. The lowest BCUT2D eigenvalue weighted by atomic mass is 10.2. The molecule has 1 rings (SSSR count). The molecule has 0 saturated carbocycles. The van der Waals surface area contributed by atoms with Gasteiger partial charge in [0, 0.05) is 12.3 Å². The smallest absolute Gasteiger partial charge is 0.330 e. The maximum absolute atomic E-state index is 10.8. The second-order valence-electron chi connectivity index (χ2n) is 2.51. The van der Waals surface area contributed by atoms with Gasteiger partial charge in [0.1, 0.15) is 0 Å². The predicted octanol–water partition coefficient (Wildman–Crippen LogP) is 1.50. The Hall–Kier alpha value is -1.55. The minimum absolute atomic E-state index is 0.250. The summed E-state index contributed by atoms with van der Waals surface area (Å²) in [6.45, 7) is 0. The van der Waals surface area contributed by atoms with Crippen molar-refractivity contribution in [1.82, 2.24) is 4.98 Å². The van der Waals surface area contributed by atoms with Crippen LogP contribution in [0.15, 0.2) is 18.3 Å². The van der Waals surface area contributed by atoms with Gasteiger partial charge < -0.3 is 10.5 Å². The monoisotopic (exact) mass is 212 g/mol. The van der Waals surface area contributed by atoms with Crippen LogP contribution in [-0.4, -0.2) is 18.1 Å². The predicted molar refractivity (Wildman–Crippen MR) is 54.7 cm³/mol. The van der Waals surface area contributed by atoms with Crippen LogP contribution in [0.25, 0.3) is 6.08 Å². The van der Waals surface area contributed by atoms with Gasteiger partial charge in [-0.25, -0.2) is 9.78 Å². The Kier molecular flexibility index (Phi) is 3.48. The molecule has 1 aromatic heterocycles. The lowest BCUT2D eigenvalue weighted by Crippen LogP contribution is -1.94. The number of esters is 1. The lowest BCUT2D eigenvalue weighted by molar-refractivity contribution is -0.134. The van der Waals surface area contributed by atoms with Gasteiger partial charge in [-0.05, 0) is 17.7 Å². The molecule has 74 valence electrons. The molecular weight excluding hydrogens is 204 g/mol. The third-order valence-corrected chi connectivity index (χ3v) is 1.82. The number of ether oxygens (including phenoxy) is 1. The molecule has 1 heterocycles. The van der Waals surface area contributed by atoms with E-state index in [4.69, 9.17) is 17.3 Å². The van der Waals surface area contributed by atoms with Crippen molar-refractivity contribution in [2.75, 3.05) is 12.8 Å². The second-order valence-corrected chi connectivity index (χ2v) is 2.86. The molecule has 2 N–H and O–H groups in total. The number of hydrogen-bond acceptors (Lipinski definition) is 4. The summed E-state index contributed by atoms with van der Waals surface area (Å²) in [4.78, 5) is 14.6. The van der Waals surface area contributed by atoms with Crippen LogP contribution in [-0.2, 0) is 9.53 Å². The van der Waals surface area contributed by atoms with Gasteiger partial charge in [-0.2, -0.15) is 0 Å². The first-order chi connectivity index (χ1) is 6.63. The molecule has 0 bridgehead atoms. The van der Waals surface area contributed by atoms with Crippen LogP contribution in [0, 0.1) is 0 Å². The molecule has 5 heteroatoms. The van der Waals surface area contributed by atoms with Crippen molar-refractivity contribution in [3.8, 4) is 0 Å². The normalized spacial score (nSPS) is 10.4. The van der Waals surface area contributed by atoms with E-state index in [0.717, 1.165) is 0 Å². The molecule has 4 nitrogen and oxygen atoms in total. The van der Waals surface area contributed by atoms with Crippen LogP contribution in [0.5, 0.6) is 0 Å². The molecule has 0 aliphatic carbocycles. The van der Waals surface area contributed by atoms with E-state index >= 15 is 0 Å². The van der Waals surface area contributed by atoms with Crippen LogP contribution in [0.1, 0.15) is 5.56 Å². The van der Waals surface area contributed by atoms with Crippen LogP contribution in [0.4, 0.5) is 5.69 Å². The van der Waals surface area contributed by atoms with Crippen molar-refractivity contribution >= 4 is 29.3 Å². The Morgan fingerprint density at radius 3 is 3.00 bits per heavy atom. The number of rotatable bonds is 2. The van der Waals surface area contributed by atoms with Crippen LogP contribution in [0.2, 0.25) is 5.15 Å². The molecule has 0 radical (unpaired) electrons. The number of nitrogens with two attached hydrogens (primary N) is 1. The van der Waals surface area contributed by atoms with Gasteiger partial charge in [0.05, 0.1) is 12.8 Å². The van der Waals surface area contributed by atoms with Crippen molar-refractivity contribution in [2.45, 2.75) is 0 Å². The third-order valence-electron chi connectivity index (χ3n) is 1.50. The van der Waals surface area contributed by atoms with Gasteiger partial charge in [0.15, 0.2) is 5.15 Å². The average Bonchev–Trinajstić information content (AvgIpc) is 2.19. The summed E-state index contributed by atoms with van der Waals surface area (Å²) >= 11 is 5.62. The Balaban J connectivity index is 2.83. The average molecular weight is 213 g/mol. The number of hydrogen-bond donors (Lipinski definition) is 1. The Bertz CT molecular complexity index is 377. The third kappa shape index (κ3) is 2.74. The van der Waals surface area contributed by atoms with E-state index in [0.29, 0.717) is 11.3 Å². The molecule has 0 saturated heterocycles. The van der Waals surface area contributed by atoms with Gasteiger partial charge in [0.25, 0.3) is 0 Å². The molecule has 0 amide bonds. The highest BCUT2D eigenvalue weighted by Gasteiger charge is 1.97. The zero-order valence-electron chi connectivity index (χ0n) is 7.53. The summed E-state index contributed by atoms with van der Waals surface area (Å²) in [5.74, 6) is -0.432. The highest BCUT2D eigenvalue weighted by molar-refractivity contribution is 6.31. The van der Waals surface area contributed by atoms with E-state index in [1.54, 1.807) is 12.1 Å². The number of aromatic nitrogens is 1. The van der Waals surface area contributed by atoms with E-state index < -0.39 is 5.97 Å². The Morgan fingerprint density at radius 2 is 2.43 bits per heavy atom. The van der Waals surface area contributed by atoms with Gasteiger partial charge >= 0.3 is 5.97 Å². The largest absolute Gasteiger partial charge is 0.466 e. The van der Waals surface area contributed by atoms with Gasteiger partial charge in [-0.3, -0.25) is 0 Å². The van der Waals surface area contributed by atoms with Gasteiger partial charge in [-0.1, -0.05) is 11.6 Å². The fraction of sp³-hybridized carbons (Fsp3) is 0.111. The maximum Gasteiger partial charge on any atom is 0.330 e. The van der Waals surface area contributed by atoms with Gasteiger partial charge in [0.2, 0.25) is 0 Å². The highest BCUT2D eigenvalue weighted by Crippen LogP contribution is 2.16. The molecule has 0 spiro atoms. The van der Waals surface area contributed by atoms with E-state index in [1.165, 1.54) is 19.4 Å². The molecule has 14 heavy (non-hydrogen) atoms. The Labute approximate surface area is 86.3 Å². The van der Waals surface area contributed by atoms with Crippen molar-refractivity contribution in [1.29, 1.82) is 0 Å². The van der Waals surface area contributed by atoms with Crippen molar-refractivity contribution in [2.24, 2.45) is 0 Å². The minimum Gasteiger partial charge on any atom is -0.466 e. The number of halogens is 1. The van der Waals surface area contributed by atoms with Crippen molar-refractivity contribution in [3.63, 3.8) is 0 Å². The number of nitrogen functional groups attached to an aromatic ring is 1. The first-order valence-corrected chi connectivity index (χ1v) is 4.18. The van der Waals surface area contributed by atoms with E-state index in [9.17, 15) is 4.79 Å². The number of methoxy groups -OCH3 is 1. The van der Waals surface area contributed by atoms with Gasteiger partial charge in [-0.15, -0.1) is 0 Å². The zero-order chi connectivity index (χ0) is 10.6. The summed E-state index contributed by atoms with van der Waals surface area (Å²) in [7, 11) is 1.31. The van der Waals surface area contributed by atoms with E-state index in [2.05, 4.69) is 9.72 Å². The first kappa shape index (κ1) is 10.5. The number of pyridine rings is 1. The molecule has 0 atom stereocenters. The maximum atomic E-state index is 10.8.